The summed E-state index contributed by atoms with van der Waals surface area (Å²) in [6, 6.07) is -1.05. The number of ether oxygens (including phenoxy) is 2. The summed E-state index contributed by atoms with van der Waals surface area (Å²) in [5.74, 6) is -0.930. The standard InChI is InChI=1S/C24H37N7O7/c1-29-5-3-24(4-6-29)9-20(33)30-12-15(31-11-14(13-37-2)27-28-31)7-16(30)23(36)25-10-18-22(35)21(34)17(38-18)8-19(32)26-24/h11,15-18,21-22,34-35H,3-10,12-13H2,1-2H3,(H,25,36)(H,26,32)/t15-,16-,17-,18+,21?,22?/m0/s1. The predicted molar refractivity (Wildman–Crippen MR) is 130 cm³/mol. The Morgan fingerprint density at radius 3 is 2.66 bits per heavy atom. The van der Waals surface area contributed by atoms with Gasteiger partial charge in [-0.2, -0.15) is 0 Å². The maximum absolute atomic E-state index is 13.8. The van der Waals surface area contributed by atoms with Gasteiger partial charge >= 0.3 is 0 Å². The number of aliphatic hydroxyl groups is 2. The molecular formula is C24H37N7O7. The Hall–Kier alpha value is -2.65. The molecule has 0 aliphatic carbocycles. The van der Waals surface area contributed by atoms with Gasteiger partial charge in [-0.1, -0.05) is 5.21 Å². The lowest BCUT2D eigenvalue weighted by molar-refractivity contribution is -0.141. The first-order valence-corrected chi connectivity index (χ1v) is 13.2. The van der Waals surface area contributed by atoms with Crippen molar-refractivity contribution in [1.29, 1.82) is 0 Å². The van der Waals surface area contributed by atoms with Gasteiger partial charge in [-0.05, 0) is 19.9 Å². The summed E-state index contributed by atoms with van der Waals surface area (Å²) in [4.78, 5) is 44.0. The van der Waals surface area contributed by atoms with Crippen molar-refractivity contribution < 1.29 is 34.1 Å². The predicted octanol–water partition coefficient (Wildman–Crippen LogP) is -2.45. The molecule has 38 heavy (non-hydrogen) atoms. The number of nitrogens with one attached hydrogen (secondary N) is 2. The molecule has 0 radical (unpaired) electrons. The van der Waals surface area contributed by atoms with Gasteiger partial charge in [0.2, 0.25) is 17.7 Å². The zero-order valence-corrected chi connectivity index (χ0v) is 21.8. The Balaban J connectivity index is 1.43. The molecule has 1 aromatic heterocycles. The van der Waals surface area contributed by atoms with Gasteiger partial charge in [0.15, 0.2) is 0 Å². The van der Waals surface area contributed by atoms with E-state index in [4.69, 9.17) is 9.47 Å². The lowest BCUT2D eigenvalue weighted by atomic mass is 9.83. The van der Waals surface area contributed by atoms with E-state index in [1.807, 2.05) is 7.05 Å². The van der Waals surface area contributed by atoms with Crippen LogP contribution in [0.4, 0.5) is 0 Å². The number of hydrogen-bond donors (Lipinski definition) is 4. The van der Waals surface area contributed by atoms with Gasteiger partial charge in [-0.3, -0.25) is 14.4 Å². The molecule has 4 fully saturated rings. The van der Waals surface area contributed by atoms with Gasteiger partial charge in [0.05, 0.1) is 43.3 Å². The molecule has 4 saturated heterocycles. The molecule has 1 spiro atoms. The van der Waals surface area contributed by atoms with Crippen LogP contribution in [0.5, 0.6) is 0 Å². The number of methoxy groups -OCH3 is 1. The number of hydrogen-bond acceptors (Lipinski definition) is 10. The van der Waals surface area contributed by atoms with Crippen molar-refractivity contribution in [3.05, 3.63) is 11.9 Å². The van der Waals surface area contributed by atoms with Crippen molar-refractivity contribution >= 4 is 17.7 Å². The summed E-state index contributed by atoms with van der Waals surface area (Å²) < 4.78 is 12.6. The molecule has 5 rings (SSSR count). The minimum Gasteiger partial charge on any atom is -0.388 e. The number of amides is 3. The first kappa shape index (κ1) is 26.9. The Bertz CT molecular complexity index is 1040. The van der Waals surface area contributed by atoms with Gasteiger partial charge in [0.1, 0.15) is 30.0 Å². The molecule has 14 heteroatoms. The van der Waals surface area contributed by atoms with E-state index >= 15 is 0 Å². The molecule has 14 nitrogen and oxygen atoms in total. The second-order valence-electron chi connectivity index (χ2n) is 11.0. The lowest BCUT2D eigenvalue weighted by Crippen LogP contribution is -2.58. The first-order valence-electron chi connectivity index (χ1n) is 13.2. The molecule has 0 saturated carbocycles. The van der Waals surface area contributed by atoms with Crippen molar-refractivity contribution in [2.45, 2.75) is 80.7 Å². The van der Waals surface area contributed by atoms with E-state index in [1.54, 1.807) is 22.9 Å². The fourth-order valence-corrected chi connectivity index (χ4v) is 6.03. The smallest absolute Gasteiger partial charge is 0.242 e. The molecule has 3 amide bonds. The quantitative estimate of drug-likeness (QED) is 0.326. The summed E-state index contributed by atoms with van der Waals surface area (Å²) in [6.07, 6.45) is -1.18. The number of carbonyl (C=O) groups excluding carboxylic acids is 3. The van der Waals surface area contributed by atoms with Crippen LogP contribution < -0.4 is 10.6 Å². The fraction of sp³-hybridized carbons (Fsp3) is 0.792. The van der Waals surface area contributed by atoms with Crippen LogP contribution in [0, 0.1) is 0 Å². The first-order chi connectivity index (χ1) is 18.2. The largest absolute Gasteiger partial charge is 0.388 e. The van der Waals surface area contributed by atoms with E-state index in [0.29, 0.717) is 44.7 Å². The monoisotopic (exact) mass is 535 g/mol. The van der Waals surface area contributed by atoms with Crippen molar-refractivity contribution in [2.24, 2.45) is 0 Å². The van der Waals surface area contributed by atoms with Crippen LogP contribution in [-0.4, -0.2) is 129 Å². The topological polar surface area (TPSA) is 171 Å². The minimum atomic E-state index is -1.26. The molecule has 5 heterocycles. The summed E-state index contributed by atoms with van der Waals surface area (Å²) >= 11 is 0. The summed E-state index contributed by atoms with van der Waals surface area (Å²) in [7, 11) is 3.56. The number of aromatic nitrogens is 3. The Kier molecular flexibility index (Phi) is 7.69. The molecule has 1 aromatic rings. The normalized spacial score (nSPS) is 34.6. The van der Waals surface area contributed by atoms with Crippen LogP contribution in [0.1, 0.15) is 43.8 Å². The van der Waals surface area contributed by atoms with Crippen LogP contribution in [0.3, 0.4) is 0 Å². The number of nitrogens with zero attached hydrogens (tertiary/aromatic N) is 5. The maximum atomic E-state index is 13.8. The highest BCUT2D eigenvalue weighted by molar-refractivity contribution is 5.89. The van der Waals surface area contributed by atoms with Crippen molar-refractivity contribution in [2.75, 3.05) is 40.3 Å². The maximum Gasteiger partial charge on any atom is 0.242 e. The lowest BCUT2D eigenvalue weighted by Gasteiger charge is -2.42. The zero-order chi connectivity index (χ0) is 27.0. The molecule has 6 atom stereocenters. The van der Waals surface area contributed by atoms with E-state index < -0.39 is 36.0 Å². The second-order valence-corrected chi connectivity index (χ2v) is 11.0. The Morgan fingerprint density at radius 2 is 1.92 bits per heavy atom. The molecule has 2 bridgehead atoms. The fourth-order valence-electron chi connectivity index (χ4n) is 6.03. The number of aliphatic hydroxyl groups excluding tert-OH is 2. The van der Waals surface area contributed by atoms with E-state index in [2.05, 4.69) is 25.8 Å². The highest BCUT2D eigenvalue weighted by Crippen LogP contribution is 2.33. The summed E-state index contributed by atoms with van der Waals surface area (Å²) in [5, 5.41) is 35.2. The highest BCUT2D eigenvalue weighted by atomic mass is 16.5. The Morgan fingerprint density at radius 1 is 1.18 bits per heavy atom. The van der Waals surface area contributed by atoms with E-state index in [0.717, 1.165) is 0 Å². The number of carbonyl (C=O) groups is 3. The average Bonchev–Trinajstić information content (AvgIpc) is 3.59. The Labute approximate surface area is 220 Å². The van der Waals surface area contributed by atoms with Crippen LogP contribution in [0.25, 0.3) is 0 Å². The zero-order valence-electron chi connectivity index (χ0n) is 21.8. The highest BCUT2D eigenvalue weighted by Gasteiger charge is 2.48. The van der Waals surface area contributed by atoms with Crippen LogP contribution in [0.2, 0.25) is 0 Å². The van der Waals surface area contributed by atoms with E-state index in [-0.39, 0.29) is 49.7 Å². The minimum absolute atomic E-state index is 0.0503. The van der Waals surface area contributed by atoms with E-state index in [9.17, 15) is 24.6 Å². The SMILES string of the molecule is COCc1cn([C@H]2C[C@H]3C(=O)NC[C@H]4O[C@@H](CC(=O)NC5(CCN(C)CC5)CC(=O)N3C2)C(O)C4O)nn1. The van der Waals surface area contributed by atoms with Gasteiger partial charge in [0, 0.05) is 39.7 Å². The summed E-state index contributed by atoms with van der Waals surface area (Å²) in [5.41, 5.74) is -0.144. The van der Waals surface area contributed by atoms with Gasteiger partial charge in [-0.15, -0.1) is 5.10 Å². The molecule has 4 aliphatic rings. The third kappa shape index (κ3) is 5.41. The van der Waals surface area contributed by atoms with Crippen molar-refractivity contribution in [1.82, 2.24) is 35.4 Å². The number of rotatable bonds is 3. The number of fused-ring (bicyclic) bond motifs is 3. The third-order valence-corrected chi connectivity index (χ3v) is 8.29. The number of likely N-dealkylation sites (tertiary alicyclic amines) is 1. The number of piperidine rings is 1. The van der Waals surface area contributed by atoms with Crippen LogP contribution in [-0.2, 0) is 30.5 Å². The molecule has 4 aliphatic heterocycles. The molecule has 2 unspecified atom stereocenters. The van der Waals surface area contributed by atoms with Crippen molar-refractivity contribution in [3.63, 3.8) is 0 Å². The van der Waals surface area contributed by atoms with E-state index in [1.165, 1.54) is 0 Å². The third-order valence-electron chi connectivity index (χ3n) is 8.29. The van der Waals surface area contributed by atoms with Gasteiger partial charge in [0.25, 0.3) is 0 Å². The molecule has 4 N–H and O–H groups in total. The molecule has 0 aromatic carbocycles. The summed E-state index contributed by atoms with van der Waals surface area (Å²) in [6.45, 7) is 1.90. The van der Waals surface area contributed by atoms with Crippen LogP contribution in [0.15, 0.2) is 6.20 Å². The van der Waals surface area contributed by atoms with Crippen LogP contribution >= 0.6 is 0 Å². The molecular weight excluding hydrogens is 498 g/mol. The van der Waals surface area contributed by atoms with Crippen molar-refractivity contribution in [3.8, 4) is 0 Å². The second kappa shape index (κ2) is 10.8. The average molecular weight is 536 g/mol. The molecule has 210 valence electrons. The van der Waals surface area contributed by atoms with Gasteiger partial charge in [-0.25, -0.2) is 4.68 Å². The van der Waals surface area contributed by atoms with Gasteiger partial charge < -0.3 is 40.1 Å².